The third-order valence-electron chi connectivity index (χ3n) is 3.07. The van der Waals surface area contributed by atoms with E-state index in [9.17, 15) is 23.4 Å². The third kappa shape index (κ3) is 3.18. The van der Waals surface area contributed by atoms with E-state index in [0.29, 0.717) is 0 Å². The molecule has 0 spiro atoms. The van der Waals surface area contributed by atoms with Crippen LogP contribution < -0.4 is 16.6 Å². The monoisotopic (exact) mass is 337 g/mol. The Kier molecular flexibility index (Phi) is 4.37. The molecule has 0 radical (unpaired) electrons. The van der Waals surface area contributed by atoms with E-state index < -0.39 is 47.4 Å². The van der Waals surface area contributed by atoms with Gasteiger partial charge in [-0.1, -0.05) is 0 Å². The van der Waals surface area contributed by atoms with E-state index in [0.717, 1.165) is 10.9 Å². The topological polar surface area (TPSA) is 206 Å². The molecular formula is C9H15N5O7S. The minimum atomic E-state index is -4.23. The number of nitrogens with zero attached hydrogens (tertiary/aromatic N) is 2. The van der Waals surface area contributed by atoms with Crippen molar-refractivity contribution in [3.8, 4) is 0 Å². The van der Waals surface area contributed by atoms with E-state index >= 15 is 0 Å². The SMILES string of the molecule is NC(=O)c1ncn([C@@H]2O[C@H](COS(N)(=O)=O)[C@@H](O)[C@H]2O)c1N. The van der Waals surface area contributed by atoms with E-state index in [1.54, 1.807) is 0 Å². The van der Waals surface area contributed by atoms with Crippen molar-refractivity contribution in [2.24, 2.45) is 10.9 Å². The van der Waals surface area contributed by atoms with E-state index in [1.807, 2.05) is 0 Å². The van der Waals surface area contributed by atoms with E-state index in [4.69, 9.17) is 16.2 Å². The smallest absolute Gasteiger partial charge is 0.333 e. The van der Waals surface area contributed by atoms with Gasteiger partial charge in [-0.15, -0.1) is 0 Å². The Labute approximate surface area is 124 Å². The van der Waals surface area contributed by atoms with Crippen LogP contribution in [0.2, 0.25) is 0 Å². The quantitative estimate of drug-likeness (QED) is 0.359. The van der Waals surface area contributed by atoms with Crippen molar-refractivity contribution >= 4 is 22.0 Å². The van der Waals surface area contributed by atoms with Gasteiger partial charge in [-0.25, -0.2) is 10.1 Å². The molecule has 1 fully saturated rings. The summed E-state index contributed by atoms with van der Waals surface area (Å²) in [7, 11) is -4.23. The largest absolute Gasteiger partial charge is 0.387 e. The van der Waals surface area contributed by atoms with Crippen molar-refractivity contribution in [3.63, 3.8) is 0 Å². The molecule has 22 heavy (non-hydrogen) atoms. The average Bonchev–Trinajstić information content (AvgIpc) is 2.90. The number of carbonyl (C=O) groups excluding carboxylic acids is 1. The van der Waals surface area contributed by atoms with Gasteiger partial charge in [0.2, 0.25) is 0 Å². The Morgan fingerprint density at radius 2 is 2.09 bits per heavy atom. The van der Waals surface area contributed by atoms with Crippen LogP contribution >= 0.6 is 0 Å². The molecular weight excluding hydrogens is 322 g/mol. The second-order valence-electron chi connectivity index (χ2n) is 4.57. The van der Waals surface area contributed by atoms with Gasteiger partial charge >= 0.3 is 10.3 Å². The molecule has 0 bridgehead atoms. The summed E-state index contributed by atoms with van der Waals surface area (Å²) in [5.41, 5.74) is 10.5. The fourth-order valence-corrected chi connectivity index (χ4v) is 2.35. The van der Waals surface area contributed by atoms with Crippen LogP contribution in [0.15, 0.2) is 6.33 Å². The normalized spacial score (nSPS) is 28.9. The minimum absolute atomic E-state index is 0.170. The van der Waals surface area contributed by atoms with Crippen molar-refractivity contribution in [2.75, 3.05) is 12.3 Å². The van der Waals surface area contributed by atoms with Crippen LogP contribution in [0.25, 0.3) is 0 Å². The van der Waals surface area contributed by atoms with Gasteiger partial charge in [0.25, 0.3) is 5.91 Å². The standard InChI is InChI=1S/C9H15N5O7S/c10-7-4(8(11)17)13-2-14(7)9-6(16)5(15)3(21-9)1-20-22(12,18)19/h2-3,5-6,9,15-16H,1,10H2,(H2,11,17)(H2,12,18,19)/t3-,5-,6-,9-/m1/s1. The van der Waals surface area contributed by atoms with Crippen molar-refractivity contribution < 1.29 is 32.3 Å². The maximum absolute atomic E-state index is 11.1. The first-order chi connectivity index (χ1) is 10.1. The highest BCUT2D eigenvalue weighted by Crippen LogP contribution is 2.32. The zero-order valence-corrected chi connectivity index (χ0v) is 11.9. The number of imidazole rings is 1. The highest BCUT2D eigenvalue weighted by atomic mass is 32.2. The Morgan fingerprint density at radius 1 is 1.45 bits per heavy atom. The second-order valence-corrected chi connectivity index (χ2v) is 5.79. The number of rotatable bonds is 5. The number of nitrogens with two attached hydrogens (primary N) is 3. The summed E-state index contributed by atoms with van der Waals surface area (Å²) < 4.78 is 32.1. The van der Waals surface area contributed by atoms with Crippen LogP contribution in [0.4, 0.5) is 5.82 Å². The molecule has 2 heterocycles. The first-order valence-electron chi connectivity index (χ1n) is 5.92. The number of anilines is 1. The highest BCUT2D eigenvalue weighted by molar-refractivity contribution is 7.84. The number of hydrogen-bond donors (Lipinski definition) is 5. The van der Waals surface area contributed by atoms with Crippen LogP contribution in [0, 0.1) is 0 Å². The molecule has 0 saturated carbocycles. The number of ether oxygens (including phenoxy) is 1. The van der Waals surface area contributed by atoms with E-state index in [-0.39, 0.29) is 11.5 Å². The van der Waals surface area contributed by atoms with Crippen molar-refractivity contribution in [2.45, 2.75) is 24.5 Å². The lowest BCUT2D eigenvalue weighted by Crippen LogP contribution is -2.35. The number of amides is 1. The molecule has 0 unspecified atom stereocenters. The summed E-state index contributed by atoms with van der Waals surface area (Å²) >= 11 is 0. The van der Waals surface area contributed by atoms with Gasteiger partial charge in [0.15, 0.2) is 11.9 Å². The first kappa shape index (κ1) is 16.6. The van der Waals surface area contributed by atoms with Crippen LogP contribution in [0.5, 0.6) is 0 Å². The molecule has 1 aliphatic heterocycles. The Morgan fingerprint density at radius 3 is 2.59 bits per heavy atom. The predicted molar refractivity (Wildman–Crippen MR) is 70.1 cm³/mol. The van der Waals surface area contributed by atoms with Gasteiger partial charge in [0.1, 0.15) is 24.1 Å². The zero-order chi connectivity index (χ0) is 16.7. The van der Waals surface area contributed by atoms with Gasteiger partial charge in [0.05, 0.1) is 12.9 Å². The molecule has 1 aliphatic rings. The van der Waals surface area contributed by atoms with Crippen LogP contribution in [0.1, 0.15) is 16.7 Å². The van der Waals surface area contributed by atoms with Crippen LogP contribution in [-0.4, -0.2) is 59.0 Å². The maximum Gasteiger partial charge on any atom is 0.333 e. The highest BCUT2D eigenvalue weighted by Gasteiger charge is 2.45. The zero-order valence-electron chi connectivity index (χ0n) is 11.1. The number of primary amides is 1. The summed E-state index contributed by atoms with van der Waals surface area (Å²) in [6.07, 6.45) is -4.22. The second kappa shape index (κ2) is 5.79. The molecule has 12 nitrogen and oxygen atoms in total. The molecule has 2 rings (SSSR count). The number of aliphatic hydroxyl groups excluding tert-OH is 2. The van der Waals surface area contributed by atoms with E-state index in [2.05, 4.69) is 14.3 Å². The summed E-state index contributed by atoms with van der Waals surface area (Å²) in [5, 5.41) is 24.5. The van der Waals surface area contributed by atoms with Crippen LogP contribution in [0.3, 0.4) is 0 Å². The van der Waals surface area contributed by atoms with Gasteiger partial charge in [-0.3, -0.25) is 13.5 Å². The molecule has 1 amide bonds. The number of aromatic nitrogens is 2. The summed E-state index contributed by atoms with van der Waals surface area (Å²) in [6, 6.07) is 0. The van der Waals surface area contributed by atoms with E-state index in [1.165, 1.54) is 0 Å². The molecule has 124 valence electrons. The molecule has 0 aromatic carbocycles. The molecule has 1 aromatic heterocycles. The van der Waals surface area contributed by atoms with Gasteiger partial charge < -0.3 is 26.4 Å². The summed E-state index contributed by atoms with van der Waals surface area (Å²) in [4.78, 5) is 14.8. The number of nitrogen functional groups attached to an aromatic ring is 1. The van der Waals surface area contributed by atoms with Crippen molar-refractivity contribution in [1.29, 1.82) is 0 Å². The number of hydrogen-bond acceptors (Lipinski definition) is 9. The van der Waals surface area contributed by atoms with Crippen molar-refractivity contribution in [3.05, 3.63) is 12.0 Å². The average molecular weight is 337 g/mol. The summed E-state index contributed by atoms with van der Waals surface area (Å²) in [6.45, 7) is -0.606. The lowest BCUT2D eigenvalue weighted by atomic mass is 10.1. The third-order valence-corrected chi connectivity index (χ3v) is 3.54. The molecule has 0 aliphatic carbocycles. The van der Waals surface area contributed by atoms with Gasteiger partial charge in [0, 0.05) is 0 Å². The Hall–Kier alpha value is -1.77. The molecule has 1 saturated heterocycles. The van der Waals surface area contributed by atoms with Crippen molar-refractivity contribution in [1.82, 2.24) is 9.55 Å². The lowest BCUT2D eigenvalue weighted by Gasteiger charge is -2.17. The first-order valence-corrected chi connectivity index (χ1v) is 7.40. The molecule has 1 aromatic rings. The minimum Gasteiger partial charge on any atom is -0.387 e. The fourth-order valence-electron chi connectivity index (χ4n) is 2.02. The van der Waals surface area contributed by atoms with Gasteiger partial charge in [-0.05, 0) is 0 Å². The Bertz CT molecular complexity index is 674. The lowest BCUT2D eigenvalue weighted by molar-refractivity contribution is -0.0474. The predicted octanol–water partition coefficient (Wildman–Crippen LogP) is -3.60. The van der Waals surface area contributed by atoms with Crippen LogP contribution in [-0.2, 0) is 19.2 Å². The number of carbonyl (C=O) groups is 1. The maximum atomic E-state index is 11.1. The molecule has 8 N–H and O–H groups in total. The van der Waals surface area contributed by atoms with Gasteiger partial charge in [-0.2, -0.15) is 8.42 Å². The molecule has 13 heteroatoms. The molecule has 4 atom stereocenters. The fraction of sp³-hybridized carbons (Fsp3) is 0.556. The summed E-state index contributed by atoms with van der Waals surface area (Å²) in [5.74, 6) is -1.05. The number of aliphatic hydroxyl groups is 2. The Balaban J connectivity index is 2.18.